The van der Waals surface area contributed by atoms with Crippen LogP contribution in [-0.4, -0.2) is 12.5 Å². The number of nitriles is 1. The summed E-state index contributed by atoms with van der Waals surface area (Å²) in [5.74, 6) is -0.590. The van der Waals surface area contributed by atoms with Gasteiger partial charge in [-0.15, -0.1) is 11.3 Å². The highest BCUT2D eigenvalue weighted by Crippen LogP contribution is 2.34. The number of hydrogen-bond acceptors (Lipinski definition) is 5. The molecule has 6 heteroatoms. The van der Waals surface area contributed by atoms with Crippen LogP contribution in [0.1, 0.15) is 47.8 Å². The summed E-state index contributed by atoms with van der Waals surface area (Å²) in [6.45, 7) is 2.92. The SMILES string of the molecule is CCCCCCNc1sc(C(N)=O)c(N)c1C#N. The van der Waals surface area contributed by atoms with Crippen molar-refractivity contribution >= 4 is 27.9 Å². The van der Waals surface area contributed by atoms with E-state index in [2.05, 4.69) is 12.2 Å². The summed E-state index contributed by atoms with van der Waals surface area (Å²) >= 11 is 1.15. The standard InChI is InChI=1S/C12H18N4OS/c1-2-3-4-5-6-16-12-8(7-13)9(14)10(18-12)11(15)17/h16H,2-6,14H2,1H3,(H2,15,17). The molecule has 5 N–H and O–H groups in total. The Balaban J connectivity index is 2.68. The van der Waals surface area contributed by atoms with Crippen molar-refractivity contribution in [1.29, 1.82) is 5.26 Å². The quantitative estimate of drug-likeness (QED) is 0.658. The van der Waals surface area contributed by atoms with Crippen LogP contribution in [0.5, 0.6) is 0 Å². The van der Waals surface area contributed by atoms with Gasteiger partial charge in [-0.25, -0.2) is 0 Å². The molecule has 0 aromatic carbocycles. The Morgan fingerprint density at radius 3 is 2.72 bits per heavy atom. The lowest BCUT2D eigenvalue weighted by Gasteiger charge is -2.03. The van der Waals surface area contributed by atoms with Gasteiger partial charge in [0.2, 0.25) is 0 Å². The van der Waals surface area contributed by atoms with Gasteiger partial charge in [-0.2, -0.15) is 5.26 Å². The molecule has 0 saturated heterocycles. The molecule has 0 aliphatic heterocycles. The van der Waals surface area contributed by atoms with Gasteiger partial charge < -0.3 is 16.8 Å². The molecule has 0 bridgehead atoms. The van der Waals surface area contributed by atoms with Gasteiger partial charge in [-0.3, -0.25) is 4.79 Å². The third-order valence-corrected chi connectivity index (χ3v) is 3.77. The number of nitrogens with one attached hydrogen (secondary N) is 1. The van der Waals surface area contributed by atoms with E-state index in [9.17, 15) is 4.79 Å². The average Bonchev–Trinajstić information content (AvgIpc) is 2.65. The van der Waals surface area contributed by atoms with Gasteiger partial charge in [0, 0.05) is 6.54 Å². The van der Waals surface area contributed by atoms with Gasteiger partial charge in [0.1, 0.15) is 21.5 Å². The first-order chi connectivity index (χ1) is 8.61. The molecule has 0 radical (unpaired) electrons. The minimum absolute atomic E-state index is 0.186. The number of carbonyl (C=O) groups is 1. The van der Waals surface area contributed by atoms with E-state index in [1.54, 1.807) is 0 Å². The third-order valence-electron chi connectivity index (χ3n) is 2.60. The molecule has 0 atom stereocenters. The molecule has 0 aliphatic carbocycles. The lowest BCUT2D eigenvalue weighted by atomic mass is 10.2. The molecule has 18 heavy (non-hydrogen) atoms. The molecule has 0 saturated carbocycles. The van der Waals surface area contributed by atoms with E-state index >= 15 is 0 Å². The number of thiophene rings is 1. The molecule has 1 aromatic rings. The summed E-state index contributed by atoms with van der Waals surface area (Å²) in [6.07, 6.45) is 4.56. The lowest BCUT2D eigenvalue weighted by Crippen LogP contribution is -2.10. The van der Waals surface area contributed by atoms with Crippen LogP contribution in [0.3, 0.4) is 0 Å². The van der Waals surface area contributed by atoms with Gasteiger partial charge in [-0.05, 0) is 6.42 Å². The molecular weight excluding hydrogens is 248 g/mol. The molecule has 0 fully saturated rings. The van der Waals surface area contributed by atoms with E-state index in [1.165, 1.54) is 12.8 Å². The second-order valence-electron chi connectivity index (χ2n) is 4.01. The molecule has 0 aliphatic rings. The molecule has 1 rings (SSSR count). The van der Waals surface area contributed by atoms with Crippen LogP contribution in [0.15, 0.2) is 0 Å². The van der Waals surface area contributed by atoms with Gasteiger partial charge >= 0.3 is 0 Å². The highest BCUT2D eigenvalue weighted by molar-refractivity contribution is 7.18. The number of primary amides is 1. The molecule has 5 nitrogen and oxygen atoms in total. The normalized spacial score (nSPS) is 10.0. The molecule has 1 aromatic heterocycles. The number of anilines is 2. The molecule has 0 unspecified atom stereocenters. The molecule has 0 spiro atoms. The van der Waals surface area contributed by atoms with Crippen molar-refractivity contribution in [1.82, 2.24) is 0 Å². The van der Waals surface area contributed by atoms with Crippen molar-refractivity contribution in [2.45, 2.75) is 32.6 Å². The maximum atomic E-state index is 11.1. The Labute approximate surface area is 111 Å². The monoisotopic (exact) mass is 266 g/mol. The van der Waals surface area contributed by atoms with E-state index in [-0.39, 0.29) is 10.6 Å². The first-order valence-corrected chi connectivity index (χ1v) is 6.79. The van der Waals surface area contributed by atoms with Gasteiger partial charge in [0.15, 0.2) is 0 Å². The second kappa shape index (κ2) is 6.87. The summed E-state index contributed by atoms with van der Waals surface area (Å²) in [7, 11) is 0. The molecule has 1 amide bonds. The van der Waals surface area contributed by atoms with E-state index in [4.69, 9.17) is 16.7 Å². The van der Waals surface area contributed by atoms with Crippen LogP contribution in [0, 0.1) is 11.3 Å². The predicted molar refractivity (Wildman–Crippen MR) is 74.6 cm³/mol. The smallest absolute Gasteiger partial charge is 0.261 e. The predicted octanol–water partition coefficient (Wildman–Crippen LogP) is 2.29. The van der Waals surface area contributed by atoms with Crippen molar-refractivity contribution in [2.24, 2.45) is 5.73 Å². The maximum absolute atomic E-state index is 11.1. The molecule has 1 heterocycles. The fraction of sp³-hybridized carbons (Fsp3) is 0.500. The first-order valence-electron chi connectivity index (χ1n) is 5.97. The Hall–Kier alpha value is -1.74. The number of amides is 1. The van der Waals surface area contributed by atoms with Crippen LogP contribution < -0.4 is 16.8 Å². The van der Waals surface area contributed by atoms with Crippen molar-refractivity contribution in [3.8, 4) is 6.07 Å². The average molecular weight is 266 g/mol. The number of rotatable bonds is 7. The maximum Gasteiger partial charge on any atom is 0.261 e. The third kappa shape index (κ3) is 3.37. The fourth-order valence-electron chi connectivity index (χ4n) is 1.62. The number of unbranched alkanes of at least 4 members (excludes halogenated alkanes) is 3. The topological polar surface area (TPSA) is 105 Å². The van der Waals surface area contributed by atoms with E-state index < -0.39 is 5.91 Å². The van der Waals surface area contributed by atoms with Crippen molar-refractivity contribution in [2.75, 3.05) is 17.6 Å². The summed E-state index contributed by atoms with van der Waals surface area (Å²) in [4.78, 5) is 11.4. The Kier molecular flexibility index (Phi) is 5.46. The zero-order chi connectivity index (χ0) is 13.5. The van der Waals surface area contributed by atoms with Crippen molar-refractivity contribution < 1.29 is 4.79 Å². The zero-order valence-electron chi connectivity index (χ0n) is 10.5. The summed E-state index contributed by atoms with van der Waals surface area (Å²) in [5.41, 5.74) is 11.4. The Bertz CT molecular complexity index is 461. The Morgan fingerprint density at radius 2 is 2.17 bits per heavy atom. The van der Waals surface area contributed by atoms with E-state index in [0.717, 1.165) is 30.7 Å². The number of nitrogens with two attached hydrogens (primary N) is 2. The second-order valence-corrected chi connectivity index (χ2v) is 5.03. The first kappa shape index (κ1) is 14.3. The van der Waals surface area contributed by atoms with E-state index in [0.29, 0.717) is 10.6 Å². The summed E-state index contributed by atoms with van der Waals surface area (Å²) in [5, 5.41) is 12.8. The van der Waals surface area contributed by atoms with Crippen LogP contribution in [-0.2, 0) is 0 Å². The van der Waals surface area contributed by atoms with Gasteiger partial charge in [0.05, 0.1) is 5.69 Å². The highest BCUT2D eigenvalue weighted by atomic mass is 32.1. The van der Waals surface area contributed by atoms with Crippen LogP contribution in [0.4, 0.5) is 10.7 Å². The van der Waals surface area contributed by atoms with Gasteiger partial charge in [0.25, 0.3) is 5.91 Å². The minimum atomic E-state index is -0.590. The lowest BCUT2D eigenvalue weighted by molar-refractivity contribution is 0.100. The van der Waals surface area contributed by atoms with Crippen LogP contribution in [0.25, 0.3) is 0 Å². The minimum Gasteiger partial charge on any atom is -0.396 e. The zero-order valence-corrected chi connectivity index (χ0v) is 11.3. The summed E-state index contributed by atoms with van der Waals surface area (Å²) < 4.78 is 0. The van der Waals surface area contributed by atoms with E-state index in [1.807, 2.05) is 6.07 Å². The summed E-state index contributed by atoms with van der Waals surface area (Å²) in [6, 6.07) is 2.01. The van der Waals surface area contributed by atoms with Crippen molar-refractivity contribution in [3.63, 3.8) is 0 Å². The molecule has 98 valence electrons. The van der Waals surface area contributed by atoms with Gasteiger partial charge in [-0.1, -0.05) is 26.2 Å². The molecular formula is C12H18N4OS. The number of carbonyl (C=O) groups excluding carboxylic acids is 1. The number of hydrogen-bond donors (Lipinski definition) is 3. The highest BCUT2D eigenvalue weighted by Gasteiger charge is 2.18. The van der Waals surface area contributed by atoms with Crippen LogP contribution in [0.2, 0.25) is 0 Å². The fourth-order valence-corrected chi connectivity index (χ4v) is 2.56. The van der Waals surface area contributed by atoms with Crippen LogP contribution >= 0.6 is 11.3 Å². The Morgan fingerprint density at radius 1 is 1.44 bits per heavy atom. The number of nitrogens with zero attached hydrogens (tertiary/aromatic N) is 1. The number of nitrogen functional groups attached to an aromatic ring is 1. The van der Waals surface area contributed by atoms with Crippen molar-refractivity contribution in [3.05, 3.63) is 10.4 Å². The largest absolute Gasteiger partial charge is 0.396 e.